The molecule has 2 heteroatoms. The van der Waals surface area contributed by atoms with Crippen molar-refractivity contribution in [2.75, 3.05) is 0 Å². The SMILES string of the molecule is CCc1ccc2sc(CN)cc2c1. The van der Waals surface area contributed by atoms with E-state index in [0.29, 0.717) is 6.54 Å². The first-order chi connectivity index (χ1) is 6.33. The van der Waals surface area contributed by atoms with Crippen molar-refractivity contribution in [3.8, 4) is 0 Å². The lowest BCUT2D eigenvalue weighted by atomic mass is 10.1. The largest absolute Gasteiger partial charge is 0.326 e. The average molecular weight is 191 g/mol. The van der Waals surface area contributed by atoms with E-state index >= 15 is 0 Å². The summed E-state index contributed by atoms with van der Waals surface area (Å²) in [4.78, 5) is 1.27. The molecule has 0 saturated carbocycles. The summed E-state index contributed by atoms with van der Waals surface area (Å²) in [7, 11) is 0. The number of nitrogens with two attached hydrogens (primary N) is 1. The Balaban J connectivity index is 2.57. The zero-order valence-corrected chi connectivity index (χ0v) is 8.53. The minimum atomic E-state index is 0.654. The molecule has 0 aliphatic rings. The van der Waals surface area contributed by atoms with E-state index in [0.717, 1.165) is 6.42 Å². The Hall–Kier alpha value is -0.860. The summed E-state index contributed by atoms with van der Waals surface area (Å²) in [6.07, 6.45) is 1.10. The smallest absolute Gasteiger partial charge is 0.0346 e. The van der Waals surface area contributed by atoms with E-state index in [-0.39, 0.29) is 0 Å². The Bertz CT molecular complexity index is 415. The van der Waals surface area contributed by atoms with E-state index in [9.17, 15) is 0 Å². The number of aryl methyl sites for hydroxylation is 1. The van der Waals surface area contributed by atoms with Gasteiger partial charge in [0.2, 0.25) is 0 Å². The maximum atomic E-state index is 5.59. The number of hydrogen-bond donors (Lipinski definition) is 1. The van der Waals surface area contributed by atoms with Crippen LogP contribution in [0.2, 0.25) is 0 Å². The normalized spacial score (nSPS) is 10.9. The van der Waals surface area contributed by atoms with E-state index in [2.05, 4.69) is 31.2 Å². The standard InChI is InChI=1S/C11H13NS/c1-2-8-3-4-11-9(5-8)6-10(7-12)13-11/h3-6H,2,7,12H2,1H3. The van der Waals surface area contributed by atoms with Gasteiger partial charge in [-0.05, 0) is 29.5 Å². The minimum absolute atomic E-state index is 0.654. The fraction of sp³-hybridized carbons (Fsp3) is 0.273. The van der Waals surface area contributed by atoms with Gasteiger partial charge >= 0.3 is 0 Å². The number of rotatable bonds is 2. The van der Waals surface area contributed by atoms with Gasteiger partial charge in [-0.3, -0.25) is 0 Å². The predicted molar refractivity (Wildman–Crippen MR) is 59.1 cm³/mol. The van der Waals surface area contributed by atoms with E-state index < -0.39 is 0 Å². The molecule has 1 aromatic carbocycles. The molecule has 0 unspecified atom stereocenters. The first kappa shape index (κ1) is 8.73. The zero-order valence-electron chi connectivity index (χ0n) is 7.71. The molecule has 68 valence electrons. The Kier molecular flexibility index (Phi) is 2.34. The van der Waals surface area contributed by atoms with Crippen LogP contribution in [0.15, 0.2) is 24.3 Å². The molecular weight excluding hydrogens is 178 g/mol. The minimum Gasteiger partial charge on any atom is -0.326 e. The first-order valence-corrected chi connectivity index (χ1v) is 5.36. The van der Waals surface area contributed by atoms with Crippen molar-refractivity contribution in [3.05, 3.63) is 34.7 Å². The molecule has 2 rings (SSSR count). The number of hydrogen-bond acceptors (Lipinski definition) is 2. The number of fused-ring (bicyclic) bond motifs is 1. The first-order valence-electron chi connectivity index (χ1n) is 4.55. The van der Waals surface area contributed by atoms with Gasteiger partial charge in [0.25, 0.3) is 0 Å². The van der Waals surface area contributed by atoms with Gasteiger partial charge in [-0.15, -0.1) is 11.3 Å². The monoisotopic (exact) mass is 191 g/mol. The van der Waals surface area contributed by atoms with Gasteiger partial charge in [0.05, 0.1) is 0 Å². The molecule has 0 fully saturated rings. The van der Waals surface area contributed by atoms with Crippen LogP contribution < -0.4 is 5.73 Å². The third kappa shape index (κ3) is 1.60. The predicted octanol–water partition coefficient (Wildman–Crippen LogP) is 2.92. The fourth-order valence-corrected chi connectivity index (χ4v) is 2.39. The van der Waals surface area contributed by atoms with Crippen LogP contribution in [-0.4, -0.2) is 0 Å². The molecule has 0 aliphatic heterocycles. The highest BCUT2D eigenvalue weighted by molar-refractivity contribution is 7.19. The van der Waals surface area contributed by atoms with Gasteiger partial charge in [-0.2, -0.15) is 0 Å². The van der Waals surface area contributed by atoms with Crippen molar-refractivity contribution >= 4 is 21.4 Å². The number of thiophene rings is 1. The van der Waals surface area contributed by atoms with Crippen LogP contribution in [0, 0.1) is 0 Å². The van der Waals surface area contributed by atoms with Crippen molar-refractivity contribution in [1.29, 1.82) is 0 Å². The lowest BCUT2D eigenvalue weighted by molar-refractivity contribution is 1.11. The van der Waals surface area contributed by atoms with Crippen LogP contribution in [0.4, 0.5) is 0 Å². The summed E-state index contributed by atoms with van der Waals surface area (Å²) >= 11 is 1.79. The Morgan fingerprint density at radius 1 is 1.31 bits per heavy atom. The maximum absolute atomic E-state index is 5.59. The van der Waals surface area contributed by atoms with E-state index in [4.69, 9.17) is 5.73 Å². The summed E-state index contributed by atoms with van der Waals surface area (Å²) < 4.78 is 1.35. The van der Waals surface area contributed by atoms with Crippen molar-refractivity contribution in [2.24, 2.45) is 5.73 Å². The van der Waals surface area contributed by atoms with Gasteiger partial charge in [0.15, 0.2) is 0 Å². The molecule has 0 spiro atoms. The zero-order chi connectivity index (χ0) is 9.26. The fourth-order valence-electron chi connectivity index (χ4n) is 1.47. The van der Waals surface area contributed by atoms with E-state index in [1.54, 1.807) is 11.3 Å². The summed E-state index contributed by atoms with van der Waals surface area (Å²) in [6.45, 7) is 2.83. The Labute approximate surface area is 82.2 Å². The summed E-state index contributed by atoms with van der Waals surface area (Å²) in [5.74, 6) is 0. The highest BCUT2D eigenvalue weighted by Gasteiger charge is 2.00. The van der Waals surface area contributed by atoms with Crippen LogP contribution in [0.5, 0.6) is 0 Å². The van der Waals surface area contributed by atoms with E-state index in [1.807, 2.05) is 0 Å². The summed E-state index contributed by atoms with van der Waals surface area (Å²) in [6, 6.07) is 8.83. The van der Waals surface area contributed by atoms with Gasteiger partial charge < -0.3 is 5.73 Å². The molecule has 0 amide bonds. The lowest BCUT2D eigenvalue weighted by Gasteiger charge is -1.94. The van der Waals surface area contributed by atoms with Crippen molar-refractivity contribution in [1.82, 2.24) is 0 Å². The molecule has 2 aromatic rings. The molecule has 1 aromatic heterocycles. The Morgan fingerprint density at radius 2 is 2.15 bits per heavy atom. The van der Waals surface area contributed by atoms with Crippen LogP contribution in [0.25, 0.3) is 10.1 Å². The molecule has 0 bridgehead atoms. The molecular formula is C11H13NS. The molecule has 13 heavy (non-hydrogen) atoms. The third-order valence-corrected chi connectivity index (χ3v) is 3.38. The molecule has 1 heterocycles. The highest BCUT2D eigenvalue weighted by atomic mass is 32.1. The second-order valence-corrected chi connectivity index (χ2v) is 4.31. The van der Waals surface area contributed by atoms with Crippen molar-refractivity contribution in [3.63, 3.8) is 0 Å². The topological polar surface area (TPSA) is 26.0 Å². The van der Waals surface area contributed by atoms with Gasteiger partial charge in [0, 0.05) is 16.1 Å². The average Bonchev–Trinajstić information content (AvgIpc) is 2.58. The molecule has 0 atom stereocenters. The maximum Gasteiger partial charge on any atom is 0.0346 e. The van der Waals surface area contributed by atoms with E-state index in [1.165, 1.54) is 20.5 Å². The van der Waals surface area contributed by atoms with Crippen molar-refractivity contribution < 1.29 is 0 Å². The van der Waals surface area contributed by atoms with Crippen molar-refractivity contribution in [2.45, 2.75) is 19.9 Å². The third-order valence-electron chi connectivity index (χ3n) is 2.24. The molecule has 0 aliphatic carbocycles. The molecule has 0 radical (unpaired) electrons. The summed E-state index contributed by atoms with van der Waals surface area (Å²) in [5, 5.41) is 1.34. The van der Waals surface area contributed by atoms with Crippen LogP contribution in [0.1, 0.15) is 17.4 Å². The van der Waals surface area contributed by atoms with Crippen LogP contribution in [0.3, 0.4) is 0 Å². The molecule has 2 N–H and O–H groups in total. The second-order valence-electron chi connectivity index (χ2n) is 3.14. The quantitative estimate of drug-likeness (QED) is 0.776. The van der Waals surface area contributed by atoms with Gasteiger partial charge in [-0.1, -0.05) is 19.1 Å². The van der Waals surface area contributed by atoms with Gasteiger partial charge in [-0.25, -0.2) is 0 Å². The van der Waals surface area contributed by atoms with Gasteiger partial charge in [0.1, 0.15) is 0 Å². The second kappa shape index (κ2) is 3.48. The lowest BCUT2D eigenvalue weighted by Crippen LogP contribution is -1.91. The molecule has 1 nitrogen and oxygen atoms in total. The van der Waals surface area contributed by atoms with Crippen LogP contribution in [-0.2, 0) is 13.0 Å². The molecule has 0 saturated heterocycles. The summed E-state index contributed by atoms with van der Waals surface area (Å²) in [5.41, 5.74) is 6.99. The Morgan fingerprint density at radius 3 is 2.85 bits per heavy atom. The highest BCUT2D eigenvalue weighted by Crippen LogP contribution is 2.26. The number of benzene rings is 1. The van der Waals surface area contributed by atoms with Crippen LogP contribution >= 0.6 is 11.3 Å².